The first-order chi connectivity index (χ1) is 7.13. The standard InChI is InChI=1S/C10H18N4O/c1-3-4-8(2)13-9(15)7-14-6-5-12-10(14)11/h5-6,8H,3-4,7H2,1-2H3,(H2,11,12)(H,13,15). The van der Waals surface area contributed by atoms with E-state index in [4.69, 9.17) is 5.73 Å². The van der Waals surface area contributed by atoms with Gasteiger partial charge in [-0.15, -0.1) is 0 Å². The van der Waals surface area contributed by atoms with E-state index in [2.05, 4.69) is 17.2 Å². The Bertz CT molecular complexity index is 321. The van der Waals surface area contributed by atoms with E-state index in [1.165, 1.54) is 0 Å². The quantitative estimate of drug-likeness (QED) is 0.754. The monoisotopic (exact) mass is 210 g/mol. The third-order valence-corrected chi connectivity index (χ3v) is 2.19. The number of aromatic nitrogens is 2. The zero-order valence-electron chi connectivity index (χ0n) is 9.23. The van der Waals surface area contributed by atoms with Crippen molar-refractivity contribution in [3.05, 3.63) is 12.4 Å². The topological polar surface area (TPSA) is 72.9 Å². The van der Waals surface area contributed by atoms with E-state index in [0.717, 1.165) is 12.8 Å². The van der Waals surface area contributed by atoms with Crippen LogP contribution in [0.5, 0.6) is 0 Å². The van der Waals surface area contributed by atoms with Crippen LogP contribution < -0.4 is 11.1 Å². The summed E-state index contributed by atoms with van der Waals surface area (Å²) in [4.78, 5) is 15.4. The molecule has 0 fully saturated rings. The highest BCUT2D eigenvalue weighted by atomic mass is 16.2. The third-order valence-electron chi connectivity index (χ3n) is 2.19. The smallest absolute Gasteiger partial charge is 0.240 e. The molecule has 0 aliphatic heterocycles. The van der Waals surface area contributed by atoms with Gasteiger partial charge in [-0.25, -0.2) is 4.98 Å². The Morgan fingerprint density at radius 1 is 1.73 bits per heavy atom. The van der Waals surface area contributed by atoms with Crippen LogP contribution in [-0.4, -0.2) is 21.5 Å². The fraction of sp³-hybridized carbons (Fsp3) is 0.600. The summed E-state index contributed by atoms with van der Waals surface area (Å²) in [6.45, 7) is 4.33. The van der Waals surface area contributed by atoms with Gasteiger partial charge in [0.1, 0.15) is 6.54 Å². The average molecular weight is 210 g/mol. The van der Waals surface area contributed by atoms with Crippen LogP contribution in [0.15, 0.2) is 12.4 Å². The number of imidazole rings is 1. The molecular weight excluding hydrogens is 192 g/mol. The van der Waals surface area contributed by atoms with Gasteiger partial charge in [-0.3, -0.25) is 4.79 Å². The number of hydrogen-bond donors (Lipinski definition) is 2. The molecule has 3 N–H and O–H groups in total. The molecule has 0 saturated heterocycles. The van der Waals surface area contributed by atoms with Gasteiger partial charge in [0, 0.05) is 18.4 Å². The summed E-state index contributed by atoms with van der Waals surface area (Å²) in [5, 5.41) is 2.90. The molecular formula is C10H18N4O. The SMILES string of the molecule is CCCC(C)NC(=O)Cn1ccnc1N. The second-order valence-corrected chi connectivity index (χ2v) is 3.67. The van der Waals surface area contributed by atoms with E-state index in [9.17, 15) is 4.79 Å². The molecule has 1 heterocycles. The van der Waals surface area contributed by atoms with Gasteiger partial charge in [0.05, 0.1) is 0 Å². The average Bonchev–Trinajstić information content (AvgIpc) is 2.52. The summed E-state index contributed by atoms with van der Waals surface area (Å²) in [5.41, 5.74) is 5.55. The minimum Gasteiger partial charge on any atom is -0.369 e. The summed E-state index contributed by atoms with van der Waals surface area (Å²) in [5.74, 6) is 0.342. The summed E-state index contributed by atoms with van der Waals surface area (Å²) >= 11 is 0. The molecule has 1 rings (SSSR count). The molecule has 0 aliphatic rings. The summed E-state index contributed by atoms with van der Waals surface area (Å²) in [6.07, 6.45) is 5.33. The first kappa shape index (κ1) is 11.6. The van der Waals surface area contributed by atoms with Gasteiger partial charge >= 0.3 is 0 Å². The van der Waals surface area contributed by atoms with Gasteiger partial charge in [0.25, 0.3) is 0 Å². The van der Waals surface area contributed by atoms with Crippen molar-refractivity contribution in [2.45, 2.75) is 39.3 Å². The Hall–Kier alpha value is -1.52. The predicted octanol–water partition coefficient (Wildman–Crippen LogP) is 0.770. The molecule has 0 bridgehead atoms. The van der Waals surface area contributed by atoms with Gasteiger partial charge in [-0.1, -0.05) is 13.3 Å². The lowest BCUT2D eigenvalue weighted by molar-refractivity contribution is -0.122. The summed E-state index contributed by atoms with van der Waals surface area (Å²) in [6, 6.07) is 0.215. The van der Waals surface area contributed by atoms with Crippen LogP contribution in [0.2, 0.25) is 0 Å². The molecule has 0 radical (unpaired) electrons. The Labute approximate surface area is 89.7 Å². The van der Waals surface area contributed by atoms with Crippen LogP contribution in [0.25, 0.3) is 0 Å². The lowest BCUT2D eigenvalue weighted by Crippen LogP contribution is -2.35. The van der Waals surface area contributed by atoms with Crippen LogP contribution in [0, 0.1) is 0 Å². The van der Waals surface area contributed by atoms with E-state index >= 15 is 0 Å². The maximum absolute atomic E-state index is 11.5. The second kappa shape index (κ2) is 5.38. The van der Waals surface area contributed by atoms with E-state index in [1.54, 1.807) is 17.0 Å². The zero-order valence-corrected chi connectivity index (χ0v) is 9.23. The molecule has 5 nitrogen and oxygen atoms in total. The van der Waals surface area contributed by atoms with Crippen LogP contribution in [0.1, 0.15) is 26.7 Å². The Kier molecular flexibility index (Phi) is 4.15. The molecule has 0 spiro atoms. The highest BCUT2D eigenvalue weighted by Gasteiger charge is 2.08. The normalized spacial score (nSPS) is 12.4. The highest BCUT2D eigenvalue weighted by molar-refractivity contribution is 5.76. The number of carbonyl (C=O) groups is 1. The number of hydrogen-bond acceptors (Lipinski definition) is 3. The van der Waals surface area contributed by atoms with Gasteiger partial charge in [-0.2, -0.15) is 0 Å². The minimum atomic E-state index is -0.0272. The van der Waals surface area contributed by atoms with Crippen LogP contribution in [0.3, 0.4) is 0 Å². The van der Waals surface area contributed by atoms with Crippen molar-refractivity contribution in [3.8, 4) is 0 Å². The second-order valence-electron chi connectivity index (χ2n) is 3.67. The van der Waals surface area contributed by atoms with E-state index in [-0.39, 0.29) is 18.5 Å². The first-order valence-corrected chi connectivity index (χ1v) is 5.19. The lowest BCUT2D eigenvalue weighted by Gasteiger charge is -2.13. The lowest BCUT2D eigenvalue weighted by atomic mass is 10.2. The van der Waals surface area contributed by atoms with Gasteiger partial charge < -0.3 is 15.6 Å². The zero-order chi connectivity index (χ0) is 11.3. The van der Waals surface area contributed by atoms with Crippen LogP contribution in [-0.2, 0) is 11.3 Å². The van der Waals surface area contributed by atoms with Gasteiger partial charge in [-0.05, 0) is 13.3 Å². The van der Waals surface area contributed by atoms with E-state index < -0.39 is 0 Å². The van der Waals surface area contributed by atoms with E-state index in [1.807, 2.05) is 6.92 Å². The fourth-order valence-electron chi connectivity index (χ4n) is 1.45. The molecule has 0 aliphatic carbocycles. The molecule has 84 valence electrons. The van der Waals surface area contributed by atoms with Crippen LogP contribution >= 0.6 is 0 Å². The number of anilines is 1. The number of carbonyl (C=O) groups excluding carboxylic acids is 1. The maximum Gasteiger partial charge on any atom is 0.240 e. The molecule has 1 atom stereocenters. The minimum absolute atomic E-state index is 0.0272. The molecule has 0 saturated carbocycles. The number of rotatable bonds is 5. The Morgan fingerprint density at radius 3 is 3.00 bits per heavy atom. The van der Waals surface area contributed by atoms with Crippen molar-refractivity contribution in [1.29, 1.82) is 0 Å². The number of nitrogens with zero attached hydrogens (tertiary/aromatic N) is 2. The third kappa shape index (κ3) is 3.61. The summed E-state index contributed by atoms with van der Waals surface area (Å²) in [7, 11) is 0. The van der Waals surface area contributed by atoms with E-state index in [0.29, 0.717) is 5.95 Å². The van der Waals surface area contributed by atoms with Crippen molar-refractivity contribution in [2.75, 3.05) is 5.73 Å². The molecule has 0 aromatic carbocycles. The maximum atomic E-state index is 11.5. The van der Waals surface area contributed by atoms with Crippen molar-refractivity contribution in [3.63, 3.8) is 0 Å². The Morgan fingerprint density at radius 2 is 2.47 bits per heavy atom. The fourth-order valence-corrected chi connectivity index (χ4v) is 1.45. The van der Waals surface area contributed by atoms with Gasteiger partial charge in [0.15, 0.2) is 0 Å². The molecule has 1 amide bonds. The molecule has 1 unspecified atom stereocenters. The van der Waals surface area contributed by atoms with Gasteiger partial charge in [0.2, 0.25) is 11.9 Å². The first-order valence-electron chi connectivity index (χ1n) is 5.19. The summed E-state index contributed by atoms with van der Waals surface area (Å²) < 4.78 is 1.62. The van der Waals surface area contributed by atoms with Crippen LogP contribution in [0.4, 0.5) is 5.95 Å². The molecule has 5 heteroatoms. The van der Waals surface area contributed by atoms with Crippen molar-refractivity contribution in [1.82, 2.24) is 14.9 Å². The number of nitrogen functional groups attached to an aromatic ring is 1. The van der Waals surface area contributed by atoms with Crippen molar-refractivity contribution < 1.29 is 4.79 Å². The Balaban J connectivity index is 2.40. The number of amides is 1. The number of nitrogens with two attached hydrogens (primary N) is 1. The molecule has 1 aromatic rings. The highest BCUT2D eigenvalue weighted by Crippen LogP contribution is 1.99. The molecule has 1 aromatic heterocycles. The van der Waals surface area contributed by atoms with Crippen molar-refractivity contribution in [2.24, 2.45) is 0 Å². The number of nitrogens with one attached hydrogen (secondary N) is 1. The van der Waals surface area contributed by atoms with Crippen molar-refractivity contribution >= 4 is 11.9 Å². The largest absolute Gasteiger partial charge is 0.369 e. The molecule has 15 heavy (non-hydrogen) atoms. The predicted molar refractivity (Wildman–Crippen MR) is 59.2 cm³/mol.